The summed E-state index contributed by atoms with van der Waals surface area (Å²) in [5.41, 5.74) is 3.39. The van der Waals surface area contributed by atoms with E-state index in [1.165, 1.54) is 12.3 Å². The summed E-state index contributed by atoms with van der Waals surface area (Å²) in [6, 6.07) is 1.33. The number of carbonyl (C=O) groups is 1. The van der Waals surface area contributed by atoms with E-state index in [2.05, 4.69) is 15.3 Å². The van der Waals surface area contributed by atoms with Crippen molar-refractivity contribution in [1.82, 2.24) is 19.9 Å². The van der Waals surface area contributed by atoms with E-state index < -0.39 is 11.8 Å². The molecule has 4 aliphatic carbocycles. The van der Waals surface area contributed by atoms with Gasteiger partial charge in [0.1, 0.15) is 17.3 Å². The second kappa shape index (κ2) is 7.00. The van der Waals surface area contributed by atoms with Crippen LogP contribution >= 0.6 is 0 Å². The SMILES string of the molecule is O=C(O)[C@H]1C2CCC(CC2)[C@@H]1Nc1nc(-c2c[nH]c3ncc(F)cc23)nc2c1CCC2. The molecule has 0 saturated heterocycles. The molecule has 0 aromatic carbocycles. The number of hydrogen-bond acceptors (Lipinski definition) is 5. The molecule has 0 aliphatic heterocycles. The monoisotopic (exact) mass is 421 g/mol. The van der Waals surface area contributed by atoms with Crippen molar-refractivity contribution in [1.29, 1.82) is 0 Å². The number of H-pyrrole nitrogens is 1. The van der Waals surface area contributed by atoms with Crippen LogP contribution in [0.3, 0.4) is 0 Å². The first-order chi connectivity index (χ1) is 15.1. The summed E-state index contributed by atoms with van der Waals surface area (Å²) < 4.78 is 13.8. The maximum absolute atomic E-state index is 13.8. The van der Waals surface area contributed by atoms with E-state index in [4.69, 9.17) is 9.97 Å². The zero-order valence-corrected chi connectivity index (χ0v) is 17.1. The number of rotatable bonds is 4. The first kappa shape index (κ1) is 18.7. The predicted octanol–water partition coefficient (Wildman–Crippen LogP) is 3.95. The van der Waals surface area contributed by atoms with Gasteiger partial charge in [-0.15, -0.1) is 0 Å². The third kappa shape index (κ3) is 2.99. The summed E-state index contributed by atoms with van der Waals surface area (Å²) >= 11 is 0. The topological polar surface area (TPSA) is 104 Å². The van der Waals surface area contributed by atoms with Crippen LogP contribution in [-0.4, -0.2) is 37.1 Å². The van der Waals surface area contributed by atoms with Crippen LogP contribution in [0.5, 0.6) is 0 Å². The lowest BCUT2D eigenvalue weighted by molar-refractivity contribution is -0.148. The first-order valence-corrected chi connectivity index (χ1v) is 11.1. The van der Waals surface area contributed by atoms with Gasteiger partial charge in [-0.25, -0.2) is 19.3 Å². The lowest BCUT2D eigenvalue weighted by Crippen LogP contribution is -2.51. The van der Waals surface area contributed by atoms with Crippen molar-refractivity contribution in [2.24, 2.45) is 17.8 Å². The summed E-state index contributed by atoms with van der Waals surface area (Å²) in [6.07, 6.45) is 9.85. The number of nitrogens with one attached hydrogen (secondary N) is 2. The molecule has 3 aromatic heterocycles. The number of hydrogen-bond donors (Lipinski definition) is 3. The molecule has 0 spiro atoms. The molecule has 2 atom stereocenters. The molecule has 3 fully saturated rings. The molecule has 4 aliphatic rings. The van der Waals surface area contributed by atoms with E-state index in [1.54, 1.807) is 6.20 Å². The Labute approximate surface area is 178 Å². The van der Waals surface area contributed by atoms with Crippen molar-refractivity contribution < 1.29 is 14.3 Å². The molecule has 8 heteroatoms. The molecule has 0 amide bonds. The van der Waals surface area contributed by atoms with Crippen LogP contribution in [-0.2, 0) is 17.6 Å². The number of aryl methyl sites for hydroxylation is 1. The minimum atomic E-state index is -0.712. The van der Waals surface area contributed by atoms with Gasteiger partial charge in [0.15, 0.2) is 5.82 Å². The van der Waals surface area contributed by atoms with Gasteiger partial charge in [0.25, 0.3) is 0 Å². The number of carboxylic acid groups (broad SMARTS) is 1. The molecular weight excluding hydrogens is 397 g/mol. The summed E-state index contributed by atoms with van der Waals surface area (Å²) in [5, 5.41) is 14.1. The number of aromatic amines is 1. The third-order valence-corrected chi connectivity index (χ3v) is 7.48. The van der Waals surface area contributed by atoms with E-state index in [-0.39, 0.29) is 17.9 Å². The van der Waals surface area contributed by atoms with E-state index >= 15 is 0 Å². The van der Waals surface area contributed by atoms with Crippen LogP contribution in [0.1, 0.15) is 43.4 Å². The molecular formula is C23H24FN5O2. The maximum atomic E-state index is 13.8. The lowest BCUT2D eigenvalue weighted by Gasteiger charge is -2.47. The van der Waals surface area contributed by atoms with Gasteiger partial charge < -0.3 is 15.4 Å². The van der Waals surface area contributed by atoms with Gasteiger partial charge in [-0.1, -0.05) is 0 Å². The molecule has 3 aromatic rings. The molecule has 0 unspecified atom stereocenters. The van der Waals surface area contributed by atoms with Gasteiger partial charge in [-0.3, -0.25) is 4.79 Å². The van der Waals surface area contributed by atoms with Crippen molar-refractivity contribution in [2.75, 3.05) is 5.32 Å². The van der Waals surface area contributed by atoms with Gasteiger partial charge >= 0.3 is 5.97 Å². The molecule has 31 heavy (non-hydrogen) atoms. The molecule has 3 saturated carbocycles. The van der Waals surface area contributed by atoms with Gasteiger partial charge in [0.05, 0.1) is 12.1 Å². The van der Waals surface area contributed by atoms with E-state index in [1.807, 2.05) is 0 Å². The number of aliphatic carboxylic acids is 1. The highest BCUT2D eigenvalue weighted by atomic mass is 19.1. The highest BCUT2D eigenvalue weighted by molar-refractivity contribution is 5.91. The van der Waals surface area contributed by atoms with Gasteiger partial charge in [-0.05, 0) is 62.8 Å². The average Bonchev–Trinajstić information content (AvgIpc) is 3.41. The molecule has 2 bridgehead atoms. The Morgan fingerprint density at radius 1 is 1.16 bits per heavy atom. The fourth-order valence-electron chi connectivity index (χ4n) is 6.01. The van der Waals surface area contributed by atoms with Crippen LogP contribution in [0, 0.1) is 23.6 Å². The van der Waals surface area contributed by atoms with Crippen LogP contribution in [0.4, 0.5) is 10.2 Å². The number of carboxylic acids is 1. The Hall–Kier alpha value is -3.03. The normalized spacial score (nSPS) is 26.9. The number of halogens is 1. The molecule has 3 N–H and O–H groups in total. The third-order valence-electron chi connectivity index (χ3n) is 7.48. The Balaban J connectivity index is 1.43. The molecule has 7 rings (SSSR count). The largest absolute Gasteiger partial charge is 0.481 e. The van der Waals surface area contributed by atoms with Crippen molar-refractivity contribution in [3.05, 3.63) is 35.5 Å². The summed E-state index contributed by atoms with van der Waals surface area (Å²) in [6.45, 7) is 0. The summed E-state index contributed by atoms with van der Waals surface area (Å²) in [4.78, 5) is 28.9. The van der Waals surface area contributed by atoms with Crippen molar-refractivity contribution in [3.63, 3.8) is 0 Å². The molecule has 0 radical (unpaired) electrons. The Bertz CT molecular complexity index is 1180. The Morgan fingerprint density at radius 2 is 1.97 bits per heavy atom. The Kier molecular flexibility index (Phi) is 4.23. The summed E-state index contributed by atoms with van der Waals surface area (Å²) in [7, 11) is 0. The van der Waals surface area contributed by atoms with Gasteiger partial charge in [0.2, 0.25) is 0 Å². The van der Waals surface area contributed by atoms with Crippen LogP contribution in [0.2, 0.25) is 0 Å². The fourth-order valence-corrected chi connectivity index (χ4v) is 6.01. The highest BCUT2D eigenvalue weighted by Gasteiger charge is 2.47. The molecule has 3 heterocycles. The van der Waals surface area contributed by atoms with E-state index in [0.29, 0.717) is 28.3 Å². The number of nitrogens with zero attached hydrogens (tertiary/aromatic N) is 3. The van der Waals surface area contributed by atoms with Crippen molar-refractivity contribution in [3.8, 4) is 11.4 Å². The van der Waals surface area contributed by atoms with Crippen LogP contribution in [0.25, 0.3) is 22.4 Å². The Morgan fingerprint density at radius 3 is 2.77 bits per heavy atom. The van der Waals surface area contributed by atoms with E-state index in [9.17, 15) is 14.3 Å². The number of fused-ring (bicyclic) bond motifs is 5. The number of aromatic nitrogens is 4. The first-order valence-electron chi connectivity index (χ1n) is 11.1. The zero-order valence-electron chi connectivity index (χ0n) is 17.1. The minimum Gasteiger partial charge on any atom is -0.481 e. The average molecular weight is 421 g/mol. The second-order valence-electron chi connectivity index (χ2n) is 9.14. The standard InChI is InChI=1S/C23H24FN5O2/c24-13-8-15-16(10-26-20(15)25-9-13)22-27-17-3-1-2-14(17)21(29-22)28-19-12-6-4-11(5-7-12)18(19)23(30)31/h8-12,18-19H,1-7H2,(H,25,26)(H,30,31)(H,27,28,29)/t11?,12?,18-,19-/m0/s1. The molecule has 160 valence electrons. The van der Waals surface area contributed by atoms with Crippen LogP contribution in [0.15, 0.2) is 18.5 Å². The van der Waals surface area contributed by atoms with Gasteiger partial charge in [0, 0.05) is 34.4 Å². The highest BCUT2D eigenvalue weighted by Crippen LogP contribution is 2.47. The predicted molar refractivity (Wildman–Crippen MR) is 113 cm³/mol. The van der Waals surface area contributed by atoms with E-state index in [0.717, 1.165) is 62.0 Å². The number of pyridine rings is 1. The lowest BCUT2D eigenvalue weighted by atomic mass is 9.61. The minimum absolute atomic E-state index is 0.112. The van der Waals surface area contributed by atoms with Crippen molar-refractivity contribution in [2.45, 2.75) is 51.0 Å². The van der Waals surface area contributed by atoms with Gasteiger partial charge in [-0.2, -0.15) is 0 Å². The molecule has 7 nitrogen and oxygen atoms in total. The smallest absolute Gasteiger partial charge is 0.308 e. The maximum Gasteiger partial charge on any atom is 0.308 e. The quantitative estimate of drug-likeness (QED) is 0.589. The fraction of sp³-hybridized carbons (Fsp3) is 0.478. The second-order valence-corrected chi connectivity index (χ2v) is 9.14. The van der Waals surface area contributed by atoms with Crippen LogP contribution < -0.4 is 5.32 Å². The number of anilines is 1. The zero-order chi connectivity index (χ0) is 21.1. The van der Waals surface area contributed by atoms with Crippen molar-refractivity contribution >= 4 is 22.8 Å². The summed E-state index contributed by atoms with van der Waals surface area (Å²) in [5.74, 6) is 0.361.